The fourth-order valence-electron chi connectivity index (χ4n) is 4.42. The van der Waals surface area contributed by atoms with E-state index < -0.39 is 5.60 Å². The Hall–Kier alpha value is -2.27. The van der Waals surface area contributed by atoms with Crippen LogP contribution in [0.1, 0.15) is 52.0 Å². The molecular weight excluding hydrogens is 491 g/mol. The summed E-state index contributed by atoms with van der Waals surface area (Å²) in [5.41, 5.74) is 3.71. The average Bonchev–Trinajstić information content (AvgIpc) is 2.72. The van der Waals surface area contributed by atoms with Gasteiger partial charge in [0.15, 0.2) is 0 Å². The highest BCUT2D eigenvalue weighted by molar-refractivity contribution is 6.36. The highest BCUT2D eigenvalue weighted by Crippen LogP contribution is 2.46. The first-order valence-corrected chi connectivity index (χ1v) is 12.4. The fraction of sp³-hybridized carbons (Fsp3) is 0.333. The van der Waals surface area contributed by atoms with Gasteiger partial charge < -0.3 is 10.1 Å². The second-order valence-corrected chi connectivity index (χ2v) is 10.9. The third-order valence-electron chi connectivity index (χ3n) is 5.79. The number of amides is 1. The number of pyridine rings is 1. The van der Waals surface area contributed by atoms with E-state index in [0.29, 0.717) is 39.5 Å². The summed E-state index contributed by atoms with van der Waals surface area (Å²) in [7, 11) is 0. The molecular formula is C27H27Cl3N2O2. The summed E-state index contributed by atoms with van der Waals surface area (Å²) in [5.74, 6) is 0.504. The van der Waals surface area contributed by atoms with Gasteiger partial charge in [-0.2, -0.15) is 0 Å². The van der Waals surface area contributed by atoms with Crippen LogP contribution in [0, 0.1) is 0 Å². The summed E-state index contributed by atoms with van der Waals surface area (Å²) in [6, 6.07) is 15.1. The van der Waals surface area contributed by atoms with Gasteiger partial charge in [-0.05, 0) is 76.1 Å². The molecule has 0 saturated heterocycles. The number of hydrogen-bond acceptors (Lipinski definition) is 3. The number of nitrogens with zero attached hydrogens (tertiary/aromatic N) is 1. The Labute approximate surface area is 215 Å². The van der Waals surface area contributed by atoms with Gasteiger partial charge in [0, 0.05) is 45.1 Å². The van der Waals surface area contributed by atoms with Crippen LogP contribution in [0.2, 0.25) is 15.1 Å². The lowest BCUT2D eigenvalue weighted by Gasteiger charge is -2.37. The van der Waals surface area contributed by atoms with E-state index in [0.717, 1.165) is 22.3 Å². The van der Waals surface area contributed by atoms with Gasteiger partial charge >= 0.3 is 0 Å². The zero-order valence-corrected chi connectivity index (χ0v) is 21.9. The third-order valence-corrected chi connectivity index (χ3v) is 6.59. The van der Waals surface area contributed by atoms with Gasteiger partial charge in [-0.15, -0.1) is 0 Å². The number of aromatic nitrogens is 1. The monoisotopic (exact) mass is 516 g/mol. The van der Waals surface area contributed by atoms with Crippen molar-refractivity contribution in [2.75, 3.05) is 0 Å². The number of halogens is 3. The minimum atomic E-state index is -0.467. The summed E-state index contributed by atoms with van der Waals surface area (Å²) in [6.45, 7) is 7.96. The molecule has 1 unspecified atom stereocenters. The standard InChI is InChI=1S/C27H27Cl3N2O2/c1-15(2)31-24(33)11-17-14-27(3,4)34-26-22(17)13-21(16-5-7-18(28)8-6-16)25(32-26)20-10-9-19(29)12-23(20)30/h5-10,12-13,15,17H,11,14H2,1-4H3,(H,31,33). The van der Waals surface area contributed by atoms with E-state index in [4.69, 9.17) is 44.5 Å². The molecule has 0 bridgehead atoms. The lowest BCUT2D eigenvalue weighted by molar-refractivity contribution is -0.122. The van der Waals surface area contributed by atoms with Crippen molar-refractivity contribution in [2.45, 2.75) is 58.1 Å². The van der Waals surface area contributed by atoms with Crippen LogP contribution in [0.25, 0.3) is 22.4 Å². The quantitative estimate of drug-likeness (QED) is 0.374. The Morgan fingerprint density at radius 2 is 1.74 bits per heavy atom. The summed E-state index contributed by atoms with van der Waals surface area (Å²) in [4.78, 5) is 17.7. The lowest BCUT2D eigenvalue weighted by atomic mass is 9.82. The molecule has 1 N–H and O–H groups in total. The van der Waals surface area contributed by atoms with Crippen LogP contribution in [-0.4, -0.2) is 22.5 Å². The largest absolute Gasteiger partial charge is 0.471 e. The van der Waals surface area contributed by atoms with Gasteiger partial charge in [0.25, 0.3) is 0 Å². The zero-order chi connectivity index (χ0) is 24.6. The highest BCUT2D eigenvalue weighted by Gasteiger charge is 2.37. The van der Waals surface area contributed by atoms with Gasteiger partial charge in [-0.25, -0.2) is 4.98 Å². The minimum Gasteiger partial charge on any atom is -0.471 e. The van der Waals surface area contributed by atoms with Crippen molar-refractivity contribution < 1.29 is 9.53 Å². The van der Waals surface area contributed by atoms with E-state index in [1.807, 2.05) is 58.0 Å². The molecule has 1 aliphatic rings. The van der Waals surface area contributed by atoms with Gasteiger partial charge in [0.1, 0.15) is 5.60 Å². The van der Waals surface area contributed by atoms with Crippen molar-refractivity contribution in [2.24, 2.45) is 0 Å². The lowest BCUT2D eigenvalue weighted by Crippen LogP contribution is -2.38. The summed E-state index contributed by atoms with van der Waals surface area (Å²) >= 11 is 18.9. The van der Waals surface area contributed by atoms with Crippen molar-refractivity contribution in [3.63, 3.8) is 0 Å². The van der Waals surface area contributed by atoms with Gasteiger partial charge in [-0.3, -0.25) is 4.79 Å². The maximum atomic E-state index is 12.7. The number of benzene rings is 2. The normalized spacial score (nSPS) is 16.6. The predicted molar refractivity (Wildman–Crippen MR) is 140 cm³/mol. The van der Waals surface area contributed by atoms with Crippen molar-refractivity contribution in [1.82, 2.24) is 10.3 Å². The Morgan fingerprint density at radius 1 is 1.06 bits per heavy atom. The number of carbonyl (C=O) groups excluding carboxylic acids is 1. The number of hydrogen-bond donors (Lipinski definition) is 1. The molecule has 1 atom stereocenters. The molecule has 2 aromatic carbocycles. The first-order chi connectivity index (χ1) is 16.0. The molecule has 0 radical (unpaired) electrons. The van der Waals surface area contributed by atoms with Gasteiger partial charge in [0.2, 0.25) is 11.8 Å². The Morgan fingerprint density at radius 3 is 2.38 bits per heavy atom. The molecule has 4 nitrogen and oxygen atoms in total. The zero-order valence-electron chi connectivity index (χ0n) is 19.6. The van der Waals surface area contributed by atoms with Crippen LogP contribution < -0.4 is 10.1 Å². The van der Waals surface area contributed by atoms with Crippen LogP contribution in [0.5, 0.6) is 5.88 Å². The van der Waals surface area contributed by atoms with Crippen LogP contribution in [0.3, 0.4) is 0 Å². The molecule has 2 heterocycles. The maximum absolute atomic E-state index is 12.7. The predicted octanol–water partition coefficient (Wildman–Crippen LogP) is 7.94. The topological polar surface area (TPSA) is 51.2 Å². The van der Waals surface area contributed by atoms with Crippen molar-refractivity contribution in [3.8, 4) is 28.3 Å². The summed E-state index contributed by atoms with van der Waals surface area (Å²) in [6.07, 6.45) is 1.06. The van der Waals surface area contributed by atoms with E-state index >= 15 is 0 Å². The number of carbonyl (C=O) groups is 1. The highest BCUT2D eigenvalue weighted by atomic mass is 35.5. The number of rotatable bonds is 5. The van der Waals surface area contributed by atoms with E-state index in [9.17, 15) is 4.79 Å². The summed E-state index contributed by atoms with van der Waals surface area (Å²) < 4.78 is 6.31. The van der Waals surface area contributed by atoms with E-state index in [2.05, 4.69) is 11.4 Å². The molecule has 1 aliphatic heterocycles. The van der Waals surface area contributed by atoms with Crippen LogP contribution in [0.4, 0.5) is 0 Å². The SMILES string of the molecule is CC(C)NC(=O)CC1CC(C)(C)Oc2nc(-c3ccc(Cl)cc3Cl)c(-c3ccc(Cl)cc3)cc21. The van der Waals surface area contributed by atoms with Crippen LogP contribution in [0.15, 0.2) is 48.5 Å². The Balaban J connectivity index is 1.90. The Bertz CT molecular complexity index is 1220. The first-order valence-electron chi connectivity index (χ1n) is 11.3. The molecule has 3 aromatic rings. The maximum Gasteiger partial charge on any atom is 0.220 e. The van der Waals surface area contributed by atoms with Gasteiger partial charge in [-0.1, -0.05) is 46.9 Å². The molecule has 178 valence electrons. The summed E-state index contributed by atoms with van der Waals surface area (Å²) in [5, 5.41) is 4.70. The average molecular weight is 518 g/mol. The smallest absolute Gasteiger partial charge is 0.220 e. The third kappa shape index (κ3) is 5.51. The molecule has 0 fully saturated rings. The molecule has 34 heavy (non-hydrogen) atoms. The van der Waals surface area contributed by atoms with Crippen LogP contribution in [-0.2, 0) is 4.79 Å². The minimum absolute atomic E-state index is 0.0153. The van der Waals surface area contributed by atoms with E-state index in [1.165, 1.54) is 0 Å². The number of fused-ring (bicyclic) bond motifs is 1. The second-order valence-electron chi connectivity index (χ2n) is 9.60. The fourth-order valence-corrected chi connectivity index (χ4v) is 5.04. The molecule has 1 amide bonds. The Kier molecular flexibility index (Phi) is 7.14. The van der Waals surface area contributed by atoms with Gasteiger partial charge in [0.05, 0.1) is 10.7 Å². The van der Waals surface area contributed by atoms with Crippen LogP contribution >= 0.6 is 34.8 Å². The second kappa shape index (κ2) is 9.77. The van der Waals surface area contributed by atoms with E-state index in [1.54, 1.807) is 12.1 Å². The van der Waals surface area contributed by atoms with E-state index in [-0.39, 0.29) is 17.9 Å². The molecule has 1 aromatic heterocycles. The van der Waals surface area contributed by atoms with Crippen molar-refractivity contribution >= 4 is 40.7 Å². The number of ether oxygens (including phenoxy) is 1. The van der Waals surface area contributed by atoms with Crippen molar-refractivity contribution in [1.29, 1.82) is 0 Å². The van der Waals surface area contributed by atoms with Crippen molar-refractivity contribution in [3.05, 3.63) is 69.2 Å². The molecule has 7 heteroatoms. The molecule has 0 saturated carbocycles. The number of nitrogens with one attached hydrogen (secondary N) is 1. The molecule has 0 aliphatic carbocycles. The molecule has 4 rings (SSSR count). The molecule has 0 spiro atoms. The first kappa shape index (κ1) is 24.8.